The zero-order chi connectivity index (χ0) is 19.4. The highest BCUT2D eigenvalue weighted by Crippen LogP contribution is 2.23. The third-order valence-electron chi connectivity index (χ3n) is 4.61. The number of amides is 1. The van der Waals surface area contributed by atoms with E-state index in [0.29, 0.717) is 6.54 Å². The molecule has 0 spiro atoms. The van der Waals surface area contributed by atoms with Crippen LogP contribution in [0.15, 0.2) is 30.3 Å². The number of halogens is 1. The molecular formula is C21H27FN2O2. The summed E-state index contributed by atoms with van der Waals surface area (Å²) in [6.07, 6.45) is 0. The summed E-state index contributed by atoms with van der Waals surface area (Å²) in [6.45, 7) is 8.32. The summed E-state index contributed by atoms with van der Waals surface area (Å²) in [5.74, 6) is -0.273. The topological polar surface area (TPSA) is 41.6 Å². The van der Waals surface area contributed by atoms with Crippen LogP contribution in [0.1, 0.15) is 29.2 Å². The fourth-order valence-electron chi connectivity index (χ4n) is 3.04. The molecule has 1 amide bonds. The van der Waals surface area contributed by atoms with Crippen molar-refractivity contribution in [2.24, 2.45) is 0 Å². The fourth-order valence-corrected chi connectivity index (χ4v) is 3.04. The number of carbonyl (C=O) groups is 1. The van der Waals surface area contributed by atoms with Gasteiger partial charge in [0.2, 0.25) is 5.91 Å². The van der Waals surface area contributed by atoms with E-state index in [0.717, 1.165) is 22.4 Å². The number of methoxy groups -OCH3 is 1. The molecule has 1 unspecified atom stereocenters. The van der Waals surface area contributed by atoms with Crippen molar-refractivity contribution in [1.29, 1.82) is 0 Å². The molecule has 0 heterocycles. The van der Waals surface area contributed by atoms with Gasteiger partial charge in [0.15, 0.2) is 11.6 Å². The second kappa shape index (κ2) is 8.32. The van der Waals surface area contributed by atoms with Gasteiger partial charge in [0.1, 0.15) is 0 Å². The Hall–Kier alpha value is -2.40. The van der Waals surface area contributed by atoms with Crippen LogP contribution in [0.3, 0.4) is 0 Å². The Bertz CT molecular complexity index is 782. The molecule has 140 valence electrons. The molecule has 26 heavy (non-hydrogen) atoms. The average molecular weight is 358 g/mol. The minimum absolute atomic E-state index is 0.0865. The lowest BCUT2D eigenvalue weighted by molar-refractivity contribution is -0.120. The molecule has 0 aliphatic rings. The molecular weight excluding hydrogens is 331 g/mol. The van der Waals surface area contributed by atoms with Gasteiger partial charge in [0.05, 0.1) is 13.2 Å². The number of hydrogen-bond donors (Lipinski definition) is 1. The quantitative estimate of drug-likeness (QED) is 0.841. The van der Waals surface area contributed by atoms with Crippen LogP contribution < -0.4 is 10.1 Å². The van der Waals surface area contributed by atoms with E-state index in [-0.39, 0.29) is 17.7 Å². The normalized spacial score (nSPS) is 12.2. The van der Waals surface area contributed by atoms with E-state index in [1.807, 2.05) is 39.6 Å². The average Bonchev–Trinajstić information content (AvgIpc) is 2.57. The van der Waals surface area contributed by atoms with Crippen LogP contribution in [0.2, 0.25) is 0 Å². The molecule has 0 bridgehead atoms. The second-order valence-corrected chi connectivity index (χ2v) is 6.82. The Kier molecular flexibility index (Phi) is 6.37. The molecule has 0 aromatic heterocycles. The van der Waals surface area contributed by atoms with E-state index in [1.165, 1.54) is 18.7 Å². The maximum absolute atomic E-state index is 13.8. The fraction of sp³-hybridized carbons (Fsp3) is 0.381. The second-order valence-electron chi connectivity index (χ2n) is 6.82. The van der Waals surface area contributed by atoms with Gasteiger partial charge < -0.3 is 10.1 Å². The number of benzene rings is 2. The summed E-state index contributed by atoms with van der Waals surface area (Å²) in [6, 6.07) is 8.59. The Morgan fingerprint density at radius 1 is 1.19 bits per heavy atom. The summed E-state index contributed by atoms with van der Waals surface area (Å²) in [5.41, 5.74) is 4.90. The first-order chi connectivity index (χ1) is 12.2. The Morgan fingerprint density at radius 3 is 2.35 bits per heavy atom. The minimum Gasteiger partial charge on any atom is -0.494 e. The van der Waals surface area contributed by atoms with Crippen LogP contribution in [0, 0.1) is 26.6 Å². The molecule has 2 aromatic rings. The molecule has 0 aliphatic carbocycles. The number of nitrogens with zero attached hydrogens (tertiary/aromatic N) is 1. The lowest BCUT2D eigenvalue weighted by Gasteiger charge is -2.25. The van der Waals surface area contributed by atoms with E-state index in [2.05, 4.69) is 17.4 Å². The minimum atomic E-state index is -0.401. The van der Waals surface area contributed by atoms with Gasteiger partial charge in [-0.3, -0.25) is 9.69 Å². The molecule has 0 aliphatic heterocycles. The van der Waals surface area contributed by atoms with E-state index in [9.17, 15) is 9.18 Å². The Balaban J connectivity index is 2.07. The summed E-state index contributed by atoms with van der Waals surface area (Å²) < 4.78 is 18.8. The standard InChI is InChI=1S/C21H27FN2O2/c1-13-9-14(2)20(15(3)10-13)23-21(25)16(4)24(5)12-17-7-8-19(26-6)18(22)11-17/h7-11,16H,12H2,1-6H3,(H,23,25). The van der Waals surface area contributed by atoms with Gasteiger partial charge in [-0.05, 0) is 63.6 Å². The number of anilines is 1. The number of aryl methyl sites for hydroxylation is 3. The zero-order valence-corrected chi connectivity index (χ0v) is 16.3. The molecule has 0 saturated heterocycles. The highest BCUT2D eigenvalue weighted by Gasteiger charge is 2.20. The van der Waals surface area contributed by atoms with Gasteiger partial charge in [0, 0.05) is 12.2 Å². The monoisotopic (exact) mass is 358 g/mol. The molecule has 2 rings (SSSR count). The summed E-state index contributed by atoms with van der Waals surface area (Å²) in [4.78, 5) is 14.5. The van der Waals surface area contributed by atoms with E-state index >= 15 is 0 Å². The molecule has 0 fully saturated rings. The Morgan fingerprint density at radius 2 is 1.81 bits per heavy atom. The smallest absolute Gasteiger partial charge is 0.241 e. The predicted molar refractivity (Wildman–Crippen MR) is 103 cm³/mol. The van der Waals surface area contributed by atoms with Gasteiger partial charge in [-0.1, -0.05) is 23.8 Å². The van der Waals surface area contributed by atoms with E-state index < -0.39 is 5.82 Å². The van der Waals surface area contributed by atoms with Gasteiger partial charge in [-0.2, -0.15) is 0 Å². The lowest BCUT2D eigenvalue weighted by Crippen LogP contribution is -2.39. The van der Waals surface area contributed by atoms with Crippen molar-refractivity contribution in [2.75, 3.05) is 19.5 Å². The van der Waals surface area contributed by atoms with Crippen molar-refractivity contribution in [3.63, 3.8) is 0 Å². The third kappa shape index (κ3) is 4.61. The van der Waals surface area contributed by atoms with Crippen LogP contribution in [0.5, 0.6) is 5.75 Å². The number of carbonyl (C=O) groups excluding carboxylic acids is 1. The predicted octanol–water partition coefficient (Wildman–Crippen LogP) is 4.22. The highest BCUT2D eigenvalue weighted by atomic mass is 19.1. The largest absolute Gasteiger partial charge is 0.494 e. The molecule has 1 N–H and O–H groups in total. The third-order valence-corrected chi connectivity index (χ3v) is 4.61. The number of ether oxygens (including phenoxy) is 1. The number of nitrogens with one attached hydrogen (secondary N) is 1. The van der Waals surface area contributed by atoms with Crippen molar-refractivity contribution in [3.05, 3.63) is 58.4 Å². The van der Waals surface area contributed by atoms with Gasteiger partial charge in [-0.15, -0.1) is 0 Å². The summed E-state index contributed by atoms with van der Waals surface area (Å²) >= 11 is 0. The maximum Gasteiger partial charge on any atom is 0.241 e. The van der Waals surface area contributed by atoms with Gasteiger partial charge >= 0.3 is 0 Å². The van der Waals surface area contributed by atoms with Crippen molar-refractivity contribution < 1.29 is 13.9 Å². The van der Waals surface area contributed by atoms with Crippen LogP contribution in [-0.4, -0.2) is 31.0 Å². The van der Waals surface area contributed by atoms with Crippen molar-refractivity contribution >= 4 is 11.6 Å². The first-order valence-corrected chi connectivity index (χ1v) is 8.64. The number of likely N-dealkylation sites (N-methyl/N-ethyl adjacent to an activating group) is 1. The Labute approximate surface area is 155 Å². The number of hydrogen-bond acceptors (Lipinski definition) is 3. The number of rotatable bonds is 6. The molecule has 5 heteroatoms. The van der Waals surface area contributed by atoms with Gasteiger partial charge in [0.25, 0.3) is 0 Å². The van der Waals surface area contributed by atoms with Crippen LogP contribution in [0.4, 0.5) is 10.1 Å². The summed E-state index contributed by atoms with van der Waals surface area (Å²) in [7, 11) is 3.28. The molecule has 0 radical (unpaired) electrons. The maximum atomic E-state index is 13.8. The highest BCUT2D eigenvalue weighted by molar-refractivity contribution is 5.95. The molecule has 4 nitrogen and oxygen atoms in total. The van der Waals surface area contributed by atoms with E-state index in [1.54, 1.807) is 12.1 Å². The molecule has 1 atom stereocenters. The van der Waals surface area contributed by atoms with Crippen molar-refractivity contribution in [3.8, 4) is 5.75 Å². The van der Waals surface area contributed by atoms with Crippen LogP contribution >= 0.6 is 0 Å². The van der Waals surface area contributed by atoms with Crippen molar-refractivity contribution in [1.82, 2.24) is 4.90 Å². The lowest BCUT2D eigenvalue weighted by atomic mass is 10.0. The first kappa shape index (κ1) is 19.9. The van der Waals surface area contributed by atoms with Crippen molar-refractivity contribution in [2.45, 2.75) is 40.3 Å². The zero-order valence-electron chi connectivity index (χ0n) is 16.3. The summed E-state index contributed by atoms with van der Waals surface area (Å²) in [5, 5.41) is 3.03. The molecule has 2 aromatic carbocycles. The SMILES string of the molecule is COc1ccc(CN(C)C(C)C(=O)Nc2c(C)cc(C)cc2C)cc1F. The van der Waals surface area contributed by atoms with E-state index in [4.69, 9.17) is 4.74 Å². The van der Waals surface area contributed by atoms with Crippen LogP contribution in [0.25, 0.3) is 0 Å². The van der Waals surface area contributed by atoms with Crippen LogP contribution in [-0.2, 0) is 11.3 Å². The van der Waals surface area contributed by atoms with Gasteiger partial charge in [-0.25, -0.2) is 4.39 Å². The first-order valence-electron chi connectivity index (χ1n) is 8.64. The molecule has 0 saturated carbocycles.